The summed E-state index contributed by atoms with van der Waals surface area (Å²) in [7, 11) is 0. The number of ether oxygens (including phenoxy) is 1. The molecule has 1 aliphatic rings. The van der Waals surface area contributed by atoms with Gasteiger partial charge in [0, 0.05) is 19.0 Å². The smallest absolute Gasteiger partial charge is 0.223 e. The number of nitrogens with one attached hydrogen (secondary N) is 1. The first-order valence-corrected chi connectivity index (χ1v) is 6.54. The van der Waals surface area contributed by atoms with Gasteiger partial charge >= 0.3 is 0 Å². The molecular formula is C13H20N4O2. The molecule has 0 saturated carbocycles. The van der Waals surface area contributed by atoms with Gasteiger partial charge in [0.15, 0.2) is 0 Å². The fourth-order valence-electron chi connectivity index (χ4n) is 2.17. The number of hydrogen-bond donors (Lipinski definition) is 1. The van der Waals surface area contributed by atoms with Gasteiger partial charge in [0.1, 0.15) is 0 Å². The summed E-state index contributed by atoms with van der Waals surface area (Å²) in [6, 6.07) is 0. The molecule has 0 fully saturated rings. The van der Waals surface area contributed by atoms with Crippen LogP contribution in [0.4, 0.5) is 0 Å². The van der Waals surface area contributed by atoms with Gasteiger partial charge in [-0.15, -0.1) is 11.7 Å². The van der Waals surface area contributed by atoms with Gasteiger partial charge in [-0.05, 0) is 19.8 Å². The molecule has 0 saturated heterocycles. The summed E-state index contributed by atoms with van der Waals surface area (Å²) in [5.41, 5.74) is 1.97. The van der Waals surface area contributed by atoms with Gasteiger partial charge in [0.25, 0.3) is 0 Å². The normalized spacial score (nSPS) is 21.1. The van der Waals surface area contributed by atoms with Crippen LogP contribution >= 0.6 is 0 Å². The second-order valence-corrected chi connectivity index (χ2v) is 4.94. The zero-order valence-electron chi connectivity index (χ0n) is 11.3. The second kappa shape index (κ2) is 6.47. The average Bonchev–Trinajstić information content (AvgIpc) is 2.79. The van der Waals surface area contributed by atoms with Gasteiger partial charge in [-0.1, -0.05) is 10.8 Å². The first kappa shape index (κ1) is 13.7. The molecule has 0 spiro atoms. The molecule has 1 N–H and O–H groups in total. The van der Waals surface area contributed by atoms with Gasteiger partial charge in [-0.2, -0.15) is 0 Å². The third-order valence-corrected chi connectivity index (χ3v) is 3.15. The Balaban J connectivity index is 2.09. The van der Waals surface area contributed by atoms with E-state index in [2.05, 4.69) is 22.2 Å². The number of aromatic nitrogens is 3. The summed E-state index contributed by atoms with van der Waals surface area (Å²) in [6.45, 7) is 8.02. The van der Waals surface area contributed by atoms with Crippen LogP contribution in [0.15, 0.2) is 18.3 Å². The van der Waals surface area contributed by atoms with Crippen molar-refractivity contribution in [3.8, 4) is 0 Å². The summed E-state index contributed by atoms with van der Waals surface area (Å²) in [6.07, 6.45) is 3.15. The molecule has 19 heavy (non-hydrogen) atoms. The Labute approximate surface area is 112 Å². The number of carbonyl (C=O) groups excluding carboxylic acids is 1. The van der Waals surface area contributed by atoms with E-state index in [1.807, 2.05) is 11.6 Å². The molecule has 1 aliphatic heterocycles. The number of aryl methyl sites for hydroxylation is 1. The van der Waals surface area contributed by atoms with Gasteiger partial charge < -0.3 is 10.1 Å². The summed E-state index contributed by atoms with van der Waals surface area (Å²) < 4.78 is 7.29. The Morgan fingerprint density at radius 3 is 3.32 bits per heavy atom. The number of carbonyl (C=O) groups is 1. The second-order valence-electron chi connectivity index (χ2n) is 4.94. The van der Waals surface area contributed by atoms with Gasteiger partial charge in [-0.25, -0.2) is 4.68 Å². The lowest BCUT2D eigenvalue weighted by atomic mass is 9.96. The molecule has 0 bridgehead atoms. The van der Waals surface area contributed by atoms with Crippen LogP contribution in [0.25, 0.3) is 0 Å². The van der Waals surface area contributed by atoms with E-state index in [4.69, 9.17) is 4.74 Å². The predicted molar refractivity (Wildman–Crippen MR) is 70.2 cm³/mol. The minimum absolute atomic E-state index is 0.0624. The molecule has 0 aliphatic carbocycles. The highest BCUT2D eigenvalue weighted by Gasteiger charge is 2.19. The molecule has 104 valence electrons. The van der Waals surface area contributed by atoms with E-state index in [9.17, 15) is 4.79 Å². The van der Waals surface area contributed by atoms with Crippen LogP contribution in [0, 0.1) is 5.92 Å². The third-order valence-electron chi connectivity index (χ3n) is 3.15. The number of allylic oxidation sites excluding steroid dienone is 1. The standard InChI is InChI=1S/C13H20N4O2/c1-10(2)7-11-3-5-17-12(8-15-16-17)9-19-6-4-14-13(11)18/h8,11H,1,3-7,9H2,2H3,(H,14,18)/t11-/m1/s1. The number of hydrogen-bond acceptors (Lipinski definition) is 4. The lowest BCUT2D eigenvalue weighted by Gasteiger charge is -2.16. The van der Waals surface area contributed by atoms with Crippen LogP contribution in [-0.4, -0.2) is 34.1 Å². The number of amides is 1. The molecular weight excluding hydrogens is 244 g/mol. The molecule has 0 aromatic carbocycles. The maximum Gasteiger partial charge on any atom is 0.223 e. The molecule has 2 rings (SSSR count). The minimum Gasteiger partial charge on any atom is -0.373 e. The fraction of sp³-hybridized carbons (Fsp3) is 0.615. The molecule has 1 aromatic rings. The Morgan fingerprint density at radius 1 is 1.68 bits per heavy atom. The van der Waals surface area contributed by atoms with Crippen molar-refractivity contribution >= 4 is 5.91 Å². The highest BCUT2D eigenvalue weighted by atomic mass is 16.5. The van der Waals surface area contributed by atoms with E-state index < -0.39 is 0 Å². The molecule has 6 nitrogen and oxygen atoms in total. The van der Waals surface area contributed by atoms with Crippen LogP contribution in [0.3, 0.4) is 0 Å². The number of rotatable bonds is 2. The van der Waals surface area contributed by atoms with Crippen molar-refractivity contribution < 1.29 is 9.53 Å². The maximum atomic E-state index is 12.1. The van der Waals surface area contributed by atoms with E-state index in [1.165, 1.54) is 0 Å². The van der Waals surface area contributed by atoms with Crippen molar-refractivity contribution in [1.82, 2.24) is 20.3 Å². The van der Waals surface area contributed by atoms with Crippen LogP contribution in [0.5, 0.6) is 0 Å². The van der Waals surface area contributed by atoms with E-state index in [-0.39, 0.29) is 11.8 Å². The number of nitrogens with zero attached hydrogens (tertiary/aromatic N) is 3. The van der Waals surface area contributed by atoms with Crippen LogP contribution in [0.1, 0.15) is 25.5 Å². The number of fused-ring (bicyclic) bond motifs is 1. The van der Waals surface area contributed by atoms with Gasteiger partial charge in [0.05, 0.1) is 25.1 Å². The predicted octanol–water partition coefficient (Wildman–Crippen LogP) is 0.897. The Hall–Kier alpha value is -1.69. The SMILES string of the molecule is C=C(C)C[C@H]1CCn2nncc2COCCNC1=O. The van der Waals surface area contributed by atoms with E-state index >= 15 is 0 Å². The molecule has 1 atom stereocenters. The van der Waals surface area contributed by atoms with Crippen molar-refractivity contribution in [3.05, 3.63) is 24.0 Å². The van der Waals surface area contributed by atoms with Crippen molar-refractivity contribution in [2.24, 2.45) is 5.92 Å². The van der Waals surface area contributed by atoms with E-state index in [1.54, 1.807) is 6.20 Å². The topological polar surface area (TPSA) is 69.0 Å². The highest BCUT2D eigenvalue weighted by Crippen LogP contribution is 2.16. The molecule has 6 heteroatoms. The van der Waals surface area contributed by atoms with E-state index in [0.717, 1.165) is 17.7 Å². The van der Waals surface area contributed by atoms with Gasteiger partial charge in [0.2, 0.25) is 5.91 Å². The minimum atomic E-state index is -0.0624. The lowest BCUT2D eigenvalue weighted by Crippen LogP contribution is -2.33. The van der Waals surface area contributed by atoms with Crippen LogP contribution < -0.4 is 5.32 Å². The van der Waals surface area contributed by atoms with Crippen molar-refractivity contribution in [2.75, 3.05) is 13.2 Å². The fourth-order valence-corrected chi connectivity index (χ4v) is 2.17. The zero-order valence-corrected chi connectivity index (χ0v) is 11.3. The quantitative estimate of drug-likeness (QED) is 0.806. The van der Waals surface area contributed by atoms with Crippen molar-refractivity contribution in [3.63, 3.8) is 0 Å². The van der Waals surface area contributed by atoms with Crippen LogP contribution in [-0.2, 0) is 22.7 Å². The Bertz CT molecular complexity index is 455. The summed E-state index contributed by atoms with van der Waals surface area (Å²) >= 11 is 0. The molecule has 0 radical (unpaired) electrons. The lowest BCUT2D eigenvalue weighted by molar-refractivity contribution is -0.125. The largest absolute Gasteiger partial charge is 0.373 e. The first-order chi connectivity index (χ1) is 9.16. The Morgan fingerprint density at radius 2 is 2.53 bits per heavy atom. The summed E-state index contributed by atoms with van der Waals surface area (Å²) in [5, 5.41) is 10.8. The first-order valence-electron chi connectivity index (χ1n) is 6.54. The Kier molecular flexibility index (Phi) is 4.68. The van der Waals surface area contributed by atoms with Crippen LogP contribution in [0.2, 0.25) is 0 Å². The average molecular weight is 264 g/mol. The summed E-state index contributed by atoms with van der Waals surface area (Å²) in [4.78, 5) is 12.1. The van der Waals surface area contributed by atoms with E-state index in [0.29, 0.717) is 32.7 Å². The molecule has 0 unspecified atom stereocenters. The molecule has 1 aromatic heterocycles. The third kappa shape index (κ3) is 3.89. The van der Waals surface area contributed by atoms with Crippen molar-refractivity contribution in [2.45, 2.75) is 32.9 Å². The van der Waals surface area contributed by atoms with Gasteiger partial charge in [-0.3, -0.25) is 4.79 Å². The maximum absolute atomic E-state index is 12.1. The highest BCUT2D eigenvalue weighted by molar-refractivity contribution is 5.78. The molecule has 2 heterocycles. The molecule has 1 amide bonds. The zero-order chi connectivity index (χ0) is 13.7. The summed E-state index contributed by atoms with van der Waals surface area (Å²) in [5.74, 6) is 0.00261. The monoisotopic (exact) mass is 264 g/mol. The van der Waals surface area contributed by atoms with Crippen molar-refractivity contribution in [1.29, 1.82) is 0 Å².